The molecule has 0 fully saturated rings. The number of hydrogen-bond acceptors (Lipinski definition) is 7. The first-order valence-electron chi connectivity index (χ1n) is 10.2. The highest BCUT2D eigenvalue weighted by Gasteiger charge is 2.14. The standard InChI is InChI=1S/C24H21ClN4O6/c1-15-3-7-18(8-4-15)27-22(30)14-35-23-20(25)11-16(12-21(23)34-2)13-26-28-24(31)17-5-9-19(10-6-17)29(32)33/h3-13H,14H2,1-2H3,(H,27,30)(H,28,31)/b26-13+. The van der Waals surface area contributed by atoms with Gasteiger partial charge in [0.1, 0.15) is 0 Å². The zero-order valence-corrected chi connectivity index (χ0v) is 19.5. The number of nitrogens with one attached hydrogen (secondary N) is 2. The second-order valence-corrected chi connectivity index (χ2v) is 7.65. The second kappa shape index (κ2) is 11.6. The third kappa shape index (κ3) is 7.02. The SMILES string of the molecule is COc1cc(/C=N/NC(=O)c2ccc([N+](=O)[O-])cc2)cc(Cl)c1OCC(=O)Nc1ccc(C)cc1. The lowest BCUT2D eigenvalue weighted by molar-refractivity contribution is -0.384. The number of halogens is 1. The summed E-state index contributed by atoms with van der Waals surface area (Å²) in [5, 5.41) is 17.5. The van der Waals surface area contributed by atoms with E-state index in [0.717, 1.165) is 5.56 Å². The average molecular weight is 497 g/mol. The number of benzene rings is 3. The Balaban J connectivity index is 1.61. The van der Waals surface area contributed by atoms with E-state index in [0.29, 0.717) is 11.3 Å². The Kier molecular flexibility index (Phi) is 8.36. The van der Waals surface area contributed by atoms with Crippen molar-refractivity contribution >= 4 is 41.0 Å². The van der Waals surface area contributed by atoms with Crippen LogP contribution in [0.2, 0.25) is 5.02 Å². The Morgan fingerprint density at radius 1 is 1.11 bits per heavy atom. The van der Waals surface area contributed by atoms with Crippen LogP contribution in [0, 0.1) is 17.0 Å². The van der Waals surface area contributed by atoms with Gasteiger partial charge in [-0.3, -0.25) is 19.7 Å². The van der Waals surface area contributed by atoms with Gasteiger partial charge in [-0.15, -0.1) is 0 Å². The van der Waals surface area contributed by atoms with Gasteiger partial charge in [0.05, 0.1) is 23.3 Å². The van der Waals surface area contributed by atoms with E-state index in [4.69, 9.17) is 21.1 Å². The lowest BCUT2D eigenvalue weighted by Gasteiger charge is -2.13. The smallest absolute Gasteiger partial charge is 0.271 e. The Morgan fingerprint density at radius 2 is 1.80 bits per heavy atom. The summed E-state index contributed by atoms with van der Waals surface area (Å²) in [4.78, 5) is 34.5. The quantitative estimate of drug-likeness (QED) is 0.257. The van der Waals surface area contributed by atoms with Gasteiger partial charge in [0, 0.05) is 23.4 Å². The third-order valence-electron chi connectivity index (χ3n) is 4.65. The molecular weight excluding hydrogens is 476 g/mol. The highest BCUT2D eigenvalue weighted by atomic mass is 35.5. The van der Waals surface area contributed by atoms with Gasteiger partial charge in [-0.25, -0.2) is 5.43 Å². The van der Waals surface area contributed by atoms with Crippen LogP contribution in [0.5, 0.6) is 11.5 Å². The van der Waals surface area contributed by atoms with Crippen molar-refractivity contribution < 1.29 is 24.0 Å². The molecule has 0 spiro atoms. The van der Waals surface area contributed by atoms with Gasteiger partial charge in [0.25, 0.3) is 17.5 Å². The molecule has 3 rings (SSSR count). The van der Waals surface area contributed by atoms with Gasteiger partial charge in [-0.1, -0.05) is 29.3 Å². The highest BCUT2D eigenvalue weighted by Crippen LogP contribution is 2.36. The molecule has 0 aliphatic heterocycles. The Bertz CT molecular complexity index is 1260. The van der Waals surface area contributed by atoms with Crippen LogP contribution >= 0.6 is 11.6 Å². The van der Waals surface area contributed by atoms with Crippen LogP contribution in [0.25, 0.3) is 0 Å². The summed E-state index contributed by atoms with van der Waals surface area (Å²) in [7, 11) is 1.42. The van der Waals surface area contributed by atoms with Crippen molar-refractivity contribution in [2.24, 2.45) is 5.10 Å². The minimum absolute atomic E-state index is 0.123. The summed E-state index contributed by atoms with van der Waals surface area (Å²) in [6, 6.07) is 15.5. The van der Waals surface area contributed by atoms with Gasteiger partial charge < -0.3 is 14.8 Å². The van der Waals surface area contributed by atoms with E-state index in [1.165, 1.54) is 43.7 Å². The number of rotatable bonds is 9. The summed E-state index contributed by atoms with van der Waals surface area (Å²) in [6.07, 6.45) is 1.34. The number of nitro groups is 1. The number of non-ortho nitro benzene ring substituents is 1. The first-order chi connectivity index (χ1) is 16.8. The van der Waals surface area contributed by atoms with E-state index in [1.807, 2.05) is 19.1 Å². The van der Waals surface area contributed by atoms with Crippen molar-refractivity contribution in [3.8, 4) is 11.5 Å². The maximum atomic E-state index is 12.2. The Morgan fingerprint density at radius 3 is 2.43 bits per heavy atom. The van der Waals surface area contributed by atoms with Gasteiger partial charge in [0.15, 0.2) is 18.1 Å². The van der Waals surface area contributed by atoms with E-state index in [2.05, 4.69) is 15.8 Å². The Hall–Kier alpha value is -4.44. The molecule has 0 bridgehead atoms. The van der Waals surface area contributed by atoms with Crippen molar-refractivity contribution in [2.45, 2.75) is 6.92 Å². The van der Waals surface area contributed by atoms with Crippen LogP contribution in [0.15, 0.2) is 65.8 Å². The fourth-order valence-corrected chi connectivity index (χ4v) is 3.16. The van der Waals surface area contributed by atoms with E-state index < -0.39 is 10.8 Å². The largest absolute Gasteiger partial charge is 0.493 e. The van der Waals surface area contributed by atoms with Crippen molar-refractivity contribution in [1.82, 2.24) is 5.43 Å². The summed E-state index contributed by atoms with van der Waals surface area (Å²) >= 11 is 6.31. The fourth-order valence-electron chi connectivity index (χ4n) is 2.89. The molecule has 3 aromatic rings. The minimum atomic E-state index is -0.555. The summed E-state index contributed by atoms with van der Waals surface area (Å²) in [5.41, 5.74) is 4.62. The van der Waals surface area contributed by atoms with Crippen LogP contribution in [0.4, 0.5) is 11.4 Å². The summed E-state index contributed by atoms with van der Waals surface area (Å²) in [6.45, 7) is 1.66. The zero-order chi connectivity index (χ0) is 25.4. The molecule has 2 amide bonds. The molecule has 0 saturated carbocycles. The lowest BCUT2D eigenvalue weighted by Crippen LogP contribution is -2.20. The molecule has 11 heteroatoms. The first kappa shape index (κ1) is 25.2. The molecule has 2 N–H and O–H groups in total. The average Bonchev–Trinajstić information content (AvgIpc) is 2.84. The predicted octanol–water partition coefficient (Wildman–Crippen LogP) is 4.35. The third-order valence-corrected chi connectivity index (χ3v) is 4.94. The number of amides is 2. The number of carbonyl (C=O) groups excluding carboxylic acids is 2. The van der Waals surface area contributed by atoms with Gasteiger partial charge >= 0.3 is 0 Å². The van der Waals surface area contributed by atoms with Gasteiger partial charge in [-0.05, 0) is 48.9 Å². The normalized spacial score (nSPS) is 10.6. The zero-order valence-electron chi connectivity index (χ0n) is 18.8. The molecule has 0 radical (unpaired) electrons. The summed E-state index contributed by atoms with van der Waals surface area (Å²) in [5.74, 6) is -0.468. The van der Waals surface area contributed by atoms with Crippen LogP contribution in [0.1, 0.15) is 21.5 Å². The minimum Gasteiger partial charge on any atom is -0.493 e. The Labute approximate surface area is 205 Å². The van der Waals surface area contributed by atoms with Crippen molar-refractivity contribution in [2.75, 3.05) is 19.0 Å². The van der Waals surface area contributed by atoms with Gasteiger partial charge in [0.2, 0.25) is 0 Å². The monoisotopic (exact) mass is 496 g/mol. The highest BCUT2D eigenvalue weighted by molar-refractivity contribution is 6.32. The second-order valence-electron chi connectivity index (χ2n) is 7.24. The van der Waals surface area contributed by atoms with Crippen LogP contribution in [0.3, 0.4) is 0 Å². The predicted molar refractivity (Wildman–Crippen MR) is 131 cm³/mol. The molecule has 0 aliphatic rings. The van der Waals surface area contributed by atoms with Crippen LogP contribution in [-0.2, 0) is 4.79 Å². The maximum absolute atomic E-state index is 12.2. The van der Waals surface area contributed by atoms with E-state index in [1.54, 1.807) is 18.2 Å². The molecule has 0 aliphatic carbocycles. The molecule has 35 heavy (non-hydrogen) atoms. The molecule has 0 heterocycles. The number of nitro benzene ring substituents is 1. The number of nitrogens with zero attached hydrogens (tertiary/aromatic N) is 2. The number of ether oxygens (including phenoxy) is 2. The first-order valence-corrected chi connectivity index (χ1v) is 10.6. The number of hydrazone groups is 1. The number of methoxy groups -OCH3 is 1. The van der Waals surface area contributed by atoms with Crippen LogP contribution < -0.4 is 20.2 Å². The molecule has 0 atom stereocenters. The molecule has 180 valence electrons. The number of carbonyl (C=O) groups is 2. The van der Waals surface area contributed by atoms with Gasteiger partial charge in [-0.2, -0.15) is 5.10 Å². The maximum Gasteiger partial charge on any atom is 0.271 e. The topological polar surface area (TPSA) is 132 Å². The molecule has 3 aromatic carbocycles. The van der Waals surface area contributed by atoms with Crippen LogP contribution in [-0.4, -0.2) is 36.7 Å². The van der Waals surface area contributed by atoms with Crippen molar-refractivity contribution in [3.63, 3.8) is 0 Å². The summed E-state index contributed by atoms with van der Waals surface area (Å²) < 4.78 is 10.9. The van der Waals surface area contributed by atoms with E-state index in [9.17, 15) is 19.7 Å². The van der Waals surface area contributed by atoms with E-state index >= 15 is 0 Å². The number of anilines is 1. The number of hydrogen-bond donors (Lipinski definition) is 2. The molecule has 10 nitrogen and oxygen atoms in total. The van der Waals surface area contributed by atoms with Crippen molar-refractivity contribution in [3.05, 3.63) is 92.5 Å². The molecule has 0 aromatic heterocycles. The van der Waals surface area contributed by atoms with E-state index in [-0.39, 0.29) is 40.3 Å². The van der Waals surface area contributed by atoms with Crippen molar-refractivity contribution in [1.29, 1.82) is 0 Å². The number of aryl methyl sites for hydroxylation is 1. The fraction of sp³-hybridized carbons (Fsp3) is 0.125. The molecular formula is C24H21ClN4O6. The lowest BCUT2D eigenvalue weighted by atomic mass is 10.2. The molecule has 0 saturated heterocycles. The molecule has 0 unspecified atom stereocenters.